The van der Waals surface area contributed by atoms with Gasteiger partial charge in [0.2, 0.25) is 11.5 Å². The molecule has 0 spiro atoms. The number of benzene rings is 2. The third kappa shape index (κ3) is 13.8. The van der Waals surface area contributed by atoms with Crippen LogP contribution in [0.1, 0.15) is 95.8 Å². The molecule has 1 saturated heterocycles. The number of carbonyl (C=O) groups excluding carboxylic acids is 6. The van der Waals surface area contributed by atoms with Crippen molar-refractivity contribution in [1.29, 1.82) is 0 Å². The number of thiazole rings is 1. The van der Waals surface area contributed by atoms with E-state index >= 15 is 0 Å². The first-order valence-electron chi connectivity index (χ1n) is 21.3. The molecule has 1 aliphatic heterocycles. The molecule has 5 amide bonds. The summed E-state index contributed by atoms with van der Waals surface area (Å²) in [5.41, 5.74) is -2.29. The topological polar surface area (TPSA) is 301 Å². The highest BCUT2D eigenvalue weighted by Gasteiger charge is 2.57. The minimum absolute atomic E-state index is 0.0223. The van der Waals surface area contributed by atoms with Crippen molar-refractivity contribution < 1.29 is 60.8 Å². The third-order valence-corrected chi connectivity index (χ3v) is 11.4. The summed E-state index contributed by atoms with van der Waals surface area (Å²) in [6.45, 7) is 9.79. The predicted octanol–water partition coefficient (Wildman–Crippen LogP) is 3.79. The number of esters is 1. The van der Waals surface area contributed by atoms with Crippen molar-refractivity contribution in [2.45, 2.75) is 115 Å². The number of hydrogen-bond acceptors (Lipinski definition) is 17. The first-order valence-corrected chi connectivity index (χ1v) is 23.5. The van der Waals surface area contributed by atoms with Gasteiger partial charge in [-0.25, -0.2) is 23.7 Å². The zero-order chi connectivity index (χ0) is 49.4. The molecule has 6 rings (SSSR count). The van der Waals surface area contributed by atoms with Crippen molar-refractivity contribution >= 4 is 68.4 Å². The van der Waals surface area contributed by atoms with E-state index in [0.29, 0.717) is 17.5 Å². The Bertz CT molecular complexity index is 2580. The number of oxime groups is 1. The summed E-state index contributed by atoms with van der Waals surface area (Å²) in [7, 11) is -5.17. The normalized spacial score (nSPS) is 16.8. The molecular formula is C43H52N10O13S2. The lowest BCUT2D eigenvalue weighted by Crippen LogP contribution is -2.73. The second-order valence-electron chi connectivity index (χ2n) is 17.6. The Hall–Kier alpha value is -6.99. The molecule has 2 aromatic heterocycles. The van der Waals surface area contributed by atoms with Crippen LogP contribution in [-0.2, 0) is 61.6 Å². The Morgan fingerprint density at radius 1 is 0.926 bits per heavy atom. The van der Waals surface area contributed by atoms with Crippen LogP contribution < -0.4 is 21.3 Å². The maximum atomic E-state index is 14.2. The molecule has 23 nitrogen and oxygen atoms in total. The van der Waals surface area contributed by atoms with Gasteiger partial charge in [-0.05, 0) is 59.1 Å². The van der Waals surface area contributed by atoms with Gasteiger partial charge in [0.1, 0.15) is 34.7 Å². The summed E-state index contributed by atoms with van der Waals surface area (Å²) in [4.78, 5) is 89.3. The Balaban J connectivity index is 1.17. The zero-order valence-corrected chi connectivity index (χ0v) is 39.6. The molecular weight excluding hydrogens is 929 g/mol. The van der Waals surface area contributed by atoms with Crippen molar-refractivity contribution in [2.24, 2.45) is 5.16 Å². The van der Waals surface area contributed by atoms with Gasteiger partial charge in [0.25, 0.3) is 11.8 Å². The van der Waals surface area contributed by atoms with E-state index in [4.69, 9.17) is 19.0 Å². The van der Waals surface area contributed by atoms with Gasteiger partial charge >= 0.3 is 28.5 Å². The van der Waals surface area contributed by atoms with Crippen LogP contribution in [0, 0.1) is 0 Å². The number of carbonyl (C=O) groups is 6. The number of nitrogens with one attached hydrogen (secondary N) is 4. The molecule has 25 heteroatoms. The highest BCUT2D eigenvalue weighted by atomic mass is 32.2. The summed E-state index contributed by atoms with van der Waals surface area (Å²) in [6, 6.07) is 15.0. The fourth-order valence-electron chi connectivity index (χ4n) is 6.46. The monoisotopic (exact) mass is 980 g/mol. The lowest BCUT2D eigenvalue weighted by molar-refractivity contribution is -0.164. The van der Waals surface area contributed by atoms with Gasteiger partial charge in [0.05, 0.1) is 19.3 Å². The van der Waals surface area contributed by atoms with Gasteiger partial charge < -0.3 is 35.0 Å². The van der Waals surface area contributed by atoms with Gasteiger partial charge in [-0.15, -0.1) is 11.3 Å². The first kappa shape index (κ1) is 50.4. The summed E-state index contributed by atoms with van der Waals surface area (Å²) >= 11 is 0.885. The lowest BCUT2D eigenvalue weighted by atomic mass is 9.98. The molecule has 3 heterocycles. The standard InChI is InChI=1S/C43H52N10O13S2/c1-41(2,3)64-39(58)44-21-13-18-31(54)45-22-28-23-46-52(50-28)24-30-33(36(56)53(30)68(60,61)62)48-35(55)32(29-25-67-38(47-29)49-40(59)65-42(4,5)6)51-66-43(19-20-43)37(57)63-34(26-14-9-7-10-15-26)27-16-11-8-12-17-27/h7-12,14-17,23,25,30,33-34H,13,18-22,24H2,1-6H3,(H,44,58)(H,45,54)(H,48,55)(H,47,49,59)(H,60,61,62)/b51-32+/t30-,33+/m1/s1. The van der Waals surface area contributed by atoms with E-state index in [9.17, 15) is 41.7 Å². The lowest BCUT2D eigenvalue weighted by Gasteiger charge is -2.43. The van der Waals surface area contributed by atoms with E-state index in [0.717, 1.165) is 16.1 Å². The van der Waals surface area contributed by atoms with E-state index in [1.54, 1.807) is 90.1 Å². The largest absolute Gasteiger partial charge is 0.450 e. The summed E-state index contributed by atoms with van der Waals surface area (Å²) in [6.07, 6.45) is -0.309. The average Bonchev–Trinajstić information content (AvgIpc) is 3.68. The van der Waals surface area contributed by atoms with Crippen LogP contribution in [0.5, 0.6) is 0 Å². The maximum absolute atomic E-state index is 14.2. The van der Waals surface area contributed by atoms with Crippen molar-refractivity contribution in [3.8, 4) is 0 Å². The number of hydrogen-bond donors (Lipinski definition) is 5. The number of rotatable bonds is 19. The Kier molecular flexibility index (Phi) is 15.5. The summed E-state index contributed by atoms with van der Waals surface area (Å²) < 4.78 is 51.4. The van der Waals surface area contributed by atoms with Crippen molar-refractivity contribution in [2.75, 3.05) is 11.9 Å². The molecule has 2 fully saturated rings. The molecule has 2 aliphatic rings. The maximum Gasteiger partial charge on any atom is 0.413 e. The Labute approximate surface area is 395 Å². The number of β-lactam (4-membered cyclic amide) rings is 1. The van der Waals surface area contributed by atoms with Crippen LogP contribution in [0.2, 0.25) is 0 Å². The summed E-state index contributed by atoms with van der Waals surface area (Å²) in [5.74, 6) is -3.47. The molecule has 0 unspecified atom stereocenters. The Morgan fingerprint density at radius 3 is 2.13 bits per heavy atom. The smallest absolute Gasteiger partial charge is 0.413 e. The quantitative estimate of drug-likeness (QED) is 0.0170. The van der Waals surface area contributed by atoms with E-state index in [2.05, 4.69) is 41.6 Å². The molecule has 5 N–H and O–H groups in total. The number of amides is 5. The minimum atomic E-state index is -5.17. The van der Waals surface area contributed by atoms with E-state index in [1.165, 1.54) is 11.6 Å². The molecule has 0 bridgehead atoms. The van der Waals surface area contributed by atoms with Crippen molar-refractivity contribution in [3.63, 3.8) is 0 Å². The number of anilines is 1. The van der Waals surface area contributed by atoms with Crippen LogP contribution in [0.25, 0.3) is 0 Å². The van der Waals surface area contributed by atoms with E-state index in [1.807, 2.05) is 12.1 Å². The van der Waals surface area contributed by atoms with Gasteiger partial charge in [0.15, 0.2) is 16.9 Å². The first-order chi connectivity index (χ1) is 32.0. The van der Waals surface area contributed by atoms with Crippen LogP contribution in [0.15, 0.2) is 77.4 Å². The van der Waals surface area contributed by atoms with Crippen molar-refractivity contribution in [1.82, 2.24) is 40.2 Å². The average molecular weight is 981 g/mol. The molecule has 2 atom stereocenters. The van der Waals surface area contributed by atoms with Gasteiger partial charge in [-0.1, -0.05) is 65.8 Å². The van der Waals surface area contributed by atoms with Gasteiger partial charge in [-0.2, -0.15) is 23.4 Å². The predicted molar refractivity (Wildman–Crippen MR) is 242 cm³/mol. The molecule has 0 radical (unpaired) electrons. The highest BCUT2D eigenvalue weighted by Crippen LogP contribution is 2.43. The van der Waals surface area contributed by atoms with E-state index in [-0.39, 0.29) is 59.1 Å². The molecule has 68 heavy (non-hydrogen) atoms. The van der Waals surface area contributed by atoms with Crippen molar-refractivity contribution in [3.05, 3.63) is 94.8 Å². The fourth-order valence-corrected chi connectivity index (χ4v) is 8.02. The van der Waals surface area contributed by atoms with Gasteiger partial charge in [0, 0.05) is 31.2 Å². The number of alkyl carbamates (subject to hydrolysis) is 1. The fraction of sp³-hybridized carbons (Fsp3) is 0.442. The second kappa shape index (κ2) is 20.9. The molecule has 364 valence electrons. The van der Waals surface area contributed by atoms with Crippen LogP contribution >= 0.6 is 11.3 Å². The van der Waals surface area contributed by atoms with Gasteiger partial charge in [-0.3, -0.25) is 24.3 Å². The minimum Gasteiger partial charge on any atom is -0.450 e. The Morgan fingerprint density at radius 2 is 1.54 bits per heavy atom. The highest BCUT2D eigenvalue weighted by molar-refractivity contribution is 7.84. The van der Waals surface area contributed by atoms with Crippen LogP contribution in [0.3, 0.4) is 0 Å². The second-order valence-corrected chi connectivity index (χ2v) is 19.8. The number of ether oxygens (including phenoxy) is 3. The zero-order valence-electron chi connectivity index (χ0n) is 38.0. The molecule has 4 aromatic rings. The molecule has 2 aromatic carbocycles. The third-order valence-electron chi connectivity index (χ3n) is 9.74. The number of nitrogens with zero attached hydrogens (tertiary/aromatic N) is 6. The summed E-state index contributed by atoms with van der Waals surface area (Å²) in [5, 5.41) is 23.8. The molecule has 1 aliphatic carbocycles. The SMILES string of the molecule is CC(C)(C)OC(=O)NCCCC(=O)NCc1cnn(C[C@@H]2[C@H](NC(=O)/C(=N/OC3(C(=O)OC(c4ccccc4)c4ccccc4)CC3)c3csc(NC(=O)OC(C)(C)C)n3)C(=O)N2S(=O)(=O)O)n1. The number of aromatic nitrogens is 4. The van der Waals surface area contributed by atoms with Crippen LogP contribution in [0.4, 0.5) is 14.7 Å². The van der Waals surface area contributed by atoms with E-state index < -0.39 is 87.5 Å². The molecule has 1 saturated carbocycles. The van der Waals surface area contributed by atoms with Crippen LogP contribution in [-0.4, -0.2) is 114 Å².